The molecule has 1 aliphatic rings. The van der Waals surface area contributed by atoms with Gasteiger partial charge in [0, 0.05) is 53.9 Å². The zero-order chi connectivity index (χ0) is 17.1. The third-order valence-corrected chi connectivity index (χ3v) is 5.39. The minimum Gasteiger partial charge on any atom is -0.334 e. The van der Waals surface area contributed by atoms with Crippen LogP contribution < -0.4 is 0 Å². The summed E-state index contributed by atoms with van der Waals surface area (Å²) in [5.41, 5.74) is 3.53. The van der Waals surface area contributed by atoms with E-state index in [0.717, 1.165) is 36.5 Å². The molecule has 3 heterocycles. The van der Waals surface area contributed by atoms with Crippen LogP contribution in [0, 0.1) is 16.6 Å². The van der Waals surface area contributed by atoms with Crippen molar-refractivity contribution in [3.05, 3.63) is 80.0 Å². The van der Waals surface area contributed by atoms with Crippen LogP contribution in [0.5, 0.6) is 0 Å². The lowest BCUT2D eigenvalue weighted by Crippen LogP contribution is -2.30. The van der Waals surface area contributed by atoms with Gasteiger partial charge in [-0.3, -0.25) is 4.90 Å². The molecule has 0 bridgehead atoms. The quantitative estimate of drug-likeness (QED) is 0.548. The van der Waals surface area contributed by atoms with Gasteiger partial charge in [0.05, 0.1) is 4.88 Å². The van der Waals surface area contributed by atoms with Gasteiger partial charge in [-0.25, -0.2) is 4.98 Å². The lowest BCUT2D eigenvalue weighted by Gasteiger charge is -2.27. The van der Waals surface area contributed by atoms with Crippen molar-refractivity contribution in [1.29, 1.82) is 0 Å². The van der Waals surface area contributed by atoms with E-state index in [1.807, 2.05) is 36.5 Å². The largest absolute Gasteiger partial charge is 0.334 e. The minimum atomic E-state index is 0.576. The highest BCUT2D eigenvalue weighted by atomic mass is 32.1. The molecule has 0 amide bonds. The molecule has 0 fully saturated rings. The second-order valence-corrected chi connectivity index (χ2v) is 7.59. The third kappa shape index (κ3) is 4.05. The number of aromatic nitrogens is 2. The van der Waals surface area contributed by atoms with Gasteiger partial charge in [0.1, 0.15) is 0 Å². The first-order valence-corrected chi connectivity index (χ1v) is 9.44. The number of nitrogens with zero attached hydrogens (tertiary/aromatic N) is 2. The lowest BCUT2D eigenvalue weighted by atomic mass is 10.1. The van der Waals surface area contributed by atoms with Crippen LogP contribution in [0.4, 0.5) is 0 Å². The number of aromatic amines is 1. The normalized spacial score (nSPS) is 13.8. The average molecular weight is 364 g/mol. The zero-order valence-corrected chi connectivity index (χ0v) is 15.3. The molecule has 0 spiro atoms. The van der Waals surface area contributed by atoms with Crippen LogP contribution in [0.1, 0.15) is 26.6 Å². The molecule has 3 aromatic rings. The highest BCUT2D eigenvalue weighted by Gasteiger charge is 2.17. The number of hydrogen-bond donors (Lipinski definition) is 1. The van der Waals surface area contributed by atoms with Gasteiger partial charge in [0.2, 0.25) is 0 Å². The van der Waals surface area contributed by atoms with Crippen LogP contribution in [0.25, 0.3) is 0 Å². The number of benzene rings is 1. The highest BCUT2D eigenvalue weighted by Crippen LogP contribution is 2.22. The maximum Gasteiger partial charge on any atom is 0.196 e. The molecule has 4 rings (SSSR count). The molecule has 1 aromatic carbocycles. The molecule has 1 N–H and O–H groups in total. The van der Waals surface area contributed by atoms with E-state index in [-0.39, 0.29) is 0 Å². The molecule has 124 valence electrons. The van der Waals surface area contributed by atoms with E-state index in [9.17, 15) is 0 Å². The van der Waals surface area contributed by atoms with Crippen LogP contribution >= 0.6 is 23.6 Å². The van der Waals surface area contributed by atoms with Gasteiger partial charge < -0.3 is 4.98 Å². The van der Waals surface area contributed by atoms with Crippen LogP contribution in [-0.4, -0.2) is 21.4 Å². The SMILES string of the molecule is S=c1ncc2c([nH]1)CCN(Cc1ccc(C#Cc3ccccc3)s1)C2. The molecule has 1 aliphatic heterocycles. The first-order valence-electron chi connectivity index (χ1n) is 8.21. The first-order chi connectivity index (χ1) is 12.3. The Balaban J connectivity index is 1.43. The number of rotatable bonds is 2. The molecule has 0 aliphatic carbocycles. The molecule has 2 aromatic heterocycles. The molecule has 5 heteroatoms. The monoisotopic (exact) mass is 363 g/mol. The second-order valence-electron chi connectivity index (χ2n) is 6.03. The van der Waals surface area contributed by atoms with Gasteiger partial charge >= 0.3 is 0 Å². The summed E-state index contributed by atoms with van der Waals surface area (Å²) >= 11 is 6.88. The van der Waals surface area contributed by atoms with Crippen molar-refractivity contribution in [3.8, 4) is 11.8 Å². The summed E-state index contributed by atoms with van der Waals surface area (Å²) in [6.45, 7) is 2.90. The van der Waals surface area contributed by atoms with E-state index >= 15 is 0 Å². The van der Waals surface area contributed by atoms with Crippen molar-refractivity contribution in [1.82, 2.24) is 14.9 Å². The molecular formula is C20H17N3S2. The number of fused-ring (bicyclic) bond motifs is 1. The summed E-state index contributed by atoms with van der Waals surface area (Å²) in [5, 5.41) is 0. The summed E-state index contributed by atoms with van der Waals surface area (Å²) < 4.78 is 0.576. The molecule has 0 saturated heterocycles. The van der Waals surface area contributed by atoms with E-state index in [2.05, 4.69) is 38.8 Å². The van der Waals surface area contributed by atoms with Gasteiger partial charge in [-0.15, -0.1) is 11.3 Å². The summed E-state index contributed by atoms with van der Waals surface area (Å²) in [5.74, 6) is 6.48. The fourth-order valence-corrected chi connectivity index (χ4v) is 4.03. The van der Waals surface area contributed by atoms with Gasteiger partial charge in [0.15, 0.2) is 4.77 Å². The number of thiophene rings is 1. The van der Waals surface area contributed by atoms with Crippen LogP contribution in [0.3, 0.4) is 0 Å². The lowest BCUT2D eigenvalue weighted by molar-refractivity contribution is 0.245. The number of nitrogens with one attached hydrogen (secondary N) is 1. The maximum atomic E-state index is 5.10. The molecule has 25 heavy (non-hydrogen) atoms. The second kappa shape index (κ2) is 7.32. The Bertz CT molecular complexity index is 993. The third-order valence-electron chi connectivity index (χ3n) is 4.20. The smallest absolute Gasteiger partial charge is 0.196 e. The summed E-state index contributed by atoms with van der Waals surface area (Å²) in [6.07, 6.45) is 2.90. The highest BCUT2D eigenvalue weighted by molar-refractivity contribution is 7.71. The molecular weight excluding hydrogens is 346 g/mol. The van der Waals surface area contributed by atoms with E-state index in [1.54, 1.807) is 11.3 Å². The first kappa shape index (κ1) is 16.2. The van der Waals surface area contributed by atoms with E-state index in [1.165, 1.54) is 16.1 Å². The van der Waals surface area contributed by atoms with Gasteiger partial charge in [-0.1, -0.05) is 30.0 Å². The predicted octanol–water partition coefficient (Wildman–Crippen LogP) is 4.16. The van der Waals surface area contributed by atoms with Crippen molar-refractivity contribution in [2.24, 2.45) is 0 Å². The van der Waals surface area contributed by atoms with Crippen molar-refractivity contribution >= 4 is 23.6 Å². The zero-order valence-electron chi connectivity index (χ0n) is 13.7. The van der Waals surface area contributed by atoms with E-state index < -0.39 is 0 Å². The van der Waals surface area contributed by atoms with Crippen LogP contribution in [-0.2, 0) is 19.5 Å². The average Bonchev–Trinajstić information content (AvgIpc) is 3.08. The number of hydrogen-bond acceptors (Lipinski definition) is 4. The molecule has 0 atom stereocenters. The fourth-order valence-electron chi connectivity index (χ4n) is 2.95. The molecule has 0 radical (unpaired) electrons. The molecule has 0 unspecified atom stereocenters. The van der Waals surface area contributed by atoms with Crippen molar-refractivity contribution in [2.45, 2.75) is 19.5 Å². The van der Waals surface area contributed by atoms with Crippen molar-refractivity contribution < 1.29 is 0 Å². The summed E-state index contributed by atoms with van der Waals surface area (Å²) in [6, 6.07) is 14.4. The Labute approximate surface area is 156 Å². The Kier molecular flexibility index (Phi) is 4.75. The molecule has 0 saturated carbocycles. The Morgan fingerprint density at radius 2 is 2.04 bits per heavy atom. The fraction of sp³-hybridized carbons (Fsp3) is 0.200. The van der Waals surface area contributed by atoms with Crippen molar-refractivity contribution in [3.63, 3.8) is 0 Å². The predicted molar refractivity (Wildman–Crippen MR) is 104 cm³/mol. The van der Waals surface area contributed by atoms with Gasteiger partial charge in [0.25, 0.3) is 0 Å². The Hall–Kier alpha value is -2.26. The van der Waals surface area contributed by atoms with Gasteiger partial charge in [-0.05, 0) is 36.5 Å². The minimum absolute atomic E-state index is 0.576. The van der Waals surface area contributed by atoms with Crippen LogP contribution in [0.2, 0.25) is 0 Å². The summed E-state index contributed by atoms with van der Waals surface area (Å²) in [4.78, 5) is 12.3. The topological polar surface area (TPSA) is 31.9 Å². The van der Waals surface area contributed by atoms with Gasteiger partial charge in [-0.2, -0.15) is 0 Å². The van der Waals surface area contributed by atoms with E-state index in [0.29, 0.717) is 4.77 Å². The van der Waals surface area contributed by atoms with E-state index in [4.69, 9.17) is 12.2 Å². The Morgan fingerprint density at radius 3 is 2.92 bits per heavy atom. The number of H-pyrrole nitrogens is 1. The van der Waals surface area contributed by atoms with Crippen LogP contribution in [0.15, 0.2) is 48.7 Å². The summed E-state index contributed by atoms with van der Waals surface area (Å²) in [7, 11) is 0. The maximum absolute atomic E-state index is 5.10. The Morgan fingerprint density at radius 1 is 1.16 bits per heavy atom. The molecule has 3 nitrogen and oxygen atoms in total. The standard InChI is InChI=1S/C20H17N3S2/c24-20-21-12-16-13-23(11-10-19(16)22-20)14-18-9-8-17(25-18)7-6-15-4-2-1-3-5-15/h1-5,8-9,12H,10-11,13-14H2,(H,21,22,24). The van der Waals surface area contributed by atoms with Crippen molar-refractivity contribution in [2.75, 3.05) is 6.54 Å².